The van der Waals surface area contributed by atoms with Crippen LogP contribution < -0.4 is 14.8 Å². The summed E-state index contributed by atoms with van der Waals surface area (Å²) in [5.41, 5.74) is 0.518. The smallest absolute Gasteiger partial charge is 0.236 e. The number of aromatic hydroxyl groups is 1. The number of carbonyl (C=O) groups excluding carboxylic acids is 1. The van der Waals surface area contributed by atoms with Crippen LogP contribution in [0.2, 0.25) is 0 Å². The number of phenolic OH excluding ortho intramolecular Hbond substituents is 1. The molecular formula is C14H15N3O4. The molecule has 21 heavy (non-hydrogen) atoms. The number of aromatic nitrogens is 2. The predicted molar refractivity (Wildman–Crippen MR) is 75.6 cm³/mol. The molecule has 7 nitrogen and oxygen atoms in total. The maximum atomic E-state index is 11.9. The second-order valence-electron chi connectivity index (χ2n) is 4.13. The molecule has 0 bridgehead atoms. The van der Waals surface area contributed by atoms with Crippen molar-refractivity contribution in [1.29, 1.82) is 0 Å². The van der Waals surface area contributed by atoms with Crippen molar-refractivity contribution in [2.75, 3.05) is 19.5 Å². The highest BCUT2D eigenvalue weighted by Crippen LogP contribution is 2.19. The molecule has 1 aromatic carbocycles. The first kappa shape index (κ1) is 14.6. The number of anilines is 1. The molecule has 0 aliphatic carbocycles. The van der Waals surface area contributed by atoms with Crippen molar-refractivity contribution in [2.45, 2.75) is 6.42 Å². The topological polar surface area (TPSA) is 93.6 Å². The van der Waals surface area contributed by atoms with Crippen molar-refractivity contribution in [3.8, 4) is 17.5 Å². The van der Waals surface area contributed by atoms with Gasteiger partial charge in [0.25, 0.3) is 0 Å². The molecule has 2 aromatic rings. The molecule has 1 heterocycles. The Balaban J connectivity index is 2.11. The molecule has 0 fully saturated rings. The molecule has 0 radical (unpaired) electrons. The molecule has 7 heteroatoms. The predicted octanol–water partition coefficient (Wildman–Crippen LogP) is 1.38. The number of carbonyl (C=O) groups is 1. The van der Waals surface area contributed by atoms with E-state index in [0.717, 1.165) is 0 Å². The lowest BCUT2D eigenvalue weighted by atomic mass is 10.1. The molecule has 0 atom stereocenters. The minimum atomic E-state index is -0.355. The van der Waals surface area contributed by atoms with Gasteiger partial charge in [-0.15, -0.1) is 0 Å². The van der Waals surface area contributed by atoms with Gasteiger partial charge in [-0.1, -0.05) is 18.2 Å². The number of rotatable bonds is 5. The molecule has 0 spiro atoms. The van der Waals surface area contributed by atoms with E-state index in [-0.39, 0.29) is 35.8 Å². The summed E-state index contributed by atoms with van der Waals surface area (Å²) in [7, 11) is 2.91. The fourth-order valence-corrected chi connectivity index (χ4v) is 1.67. The zero-order chi connectivity index (χ0) is 15.2. The summed E-state index contributed by atoms with van der Waals surface area (Å²) in [6, 6.07) is 8.12. The van der Waals surface area contributed by atoms with E-state index in [1.54, 1.807) is 18.2 Å². The van der Waals surface area contributed by atoms with Gasteiger partial charge in [-0.05, 0) is 6.07 Å². The van der Waals surface area contributed by atoms with E-state index in [0.29, 0.717) is 5.56 Å². The quantitative estimate of drug-likeness (QED) is 0.863. The van der Waals surface area contributed by atoms with Gasteiger partial charge in [-0.3, -0.25) is 10.1 Å². The van der Waals surface area contributed by atoms with E-state index >= 15 is 0 Å². The minimum absolute atomic E-state index is 0.00948. The molecule has 0 aliphatic rings. The number of amides is 1. The Bertz CT molecular complexity index is 624. The first-order chi connectivity index (χ1) is 10.1. The summed E-state index contributed by atoms with van der Waals surface area (Å²) in [6.45, 7) is 0. The van der Waals surface area contributed by atoms with Crippen LogP contribution in [0.15, 0.2) is 30.3 Å². The Hall–Kier alpha value is -2.83. The van der Waals surface area contributed by atoms with Gasteiger partial charge in [0, 0.05) is 5.56 Å². The van der Waals surface area contributed by atoms with E-state index in [1.807, 2.05) is 0 Å². The zero-order valence-electron chi connectivity index (χ0n) is 11.7. The van der Waals surface area contributed by atoms with Crippen LogP contribution in [0.25, 0.3) is 0 Å². The van der Waals surface area contributed by atoms with E-state index < -0.39 is 0 Å². The number of benzene rings is 1. The van der Waals surface area contributed by atoms with Gasteiger partial charge in [0.15, 0.2) is 0 Å². The van der Waals surface area contributed by atoms with Gasteiger partial charge in [0.2, 0.25) is 23.6 Å². The van der Waals surface area contributed by atoms with Gasteiger partial charge in [0.1, 0.15) is 5.75 Å². The van der Waals surface area contributed by atoms with Gasteiger partial charge in [-0.25, -0.2) is 0 Å². The standard InChI is InChI=1S/C14H15N3O4/c1-20-12-8-13(21-2)17-14(16-12)15-11(19)7-9-5-3-4-6-10(9)18/h3-6,8,18H,7H2,1-2H3,(H,15,16,17,19). The number of ether oxygens (including phenoxy) is 2. The van der Waals surface area contributed by atoms with E-state index in [9.17, 15) is 9.90 Å². The third-order valence-electron chi connectivity index (χ3n) is 2.69. The lowest BCUT2D eigenvalue weighted by Crippen LogP contribution is -2.16. The van der Waals surface area contributed by atoms with E-state index in [4.69, 9.17) is 9.47 Å². The summed E-state index contributed by atoms with van der Waals surface area (Å²) in [4.78, 5) is 19.9. The monoisotopic (exact) mass is 289 g/mol. The number of nitrogens with one attached hydrogen (secondary N) is 1. The van der Waals surface area contributed by atoms with Gasteiger partial charge in [0.05, 0.1) is 26.7 Å². The van der Waals surface area contributed by atoms with Crippen LogP contribution in [0, 0.1) is 0 Å². The van der Waals surface area contributed by atoms with Crippen LogP contribution in [-0.4, -0.2) is 35.2 Å². The van der Waals surface area contributed by atoms with Crippen LogP contribution in [0.3, 0.4) is 0 Å². The number of hydrogen-bond donors (Lipinski definition) is 2. The van der Waals surface area contributed by atoms with Crippen LogP contribution >= 0.6 is 0 Å². The summed E-state index contributed by atoms with van der Waals surface area (Å²) < 4.78 is 9.99. The summed E-state index contributed by atoms with van der Waals surface area (Å²) in [5.74, 6) is 0.342. The van der Waals surface area contributed by atoms with Crippen LogP contribution in [0.5, 0.6) is 17.5 Å². The Morgan fingerprint density at radius 1 is 1.19 bits per heavy atom. The fraction of sp³-hybridized carbons (Fsp3) is 0.214. The Labute approximate surface area is 121 Å². The Kier molecular flexibility index (Phi) is 4.55. The van der Waals surface area contributed by atoms with Crippen molar-refractivity contribution in [1.82, 2.24) is 9.97 Å². The lowest BCUT2D eigenvalue weighted by molar-refractivity contribution is -0.115. The van der Waals surface area contributed by atoms with Crippen molar-refractivity contribution < 1.29 is 19.4 Å². The highest BCUT2D eigenvalue weighted by atomic mass is 16.5. The Morgan fingerprint density at radius 2 is 1.81 bits per heavy atom. The average molecular weight is 289 g/mol. The molecule has 2 N–H and O–H groups in total. The molecule has 0 saturated carbocycles. The average Bonchev–Trinajstić information content (AvgIpc) is 2.49. The third kappa shape index (κ3) is 3.82. The molecule has 1 amide bonds. The number of nitrogens with zero attached hydrogens (tertiary/aromatic N) is 2. The van der Waals surface area contributed by atoms with Crippen molar-refractivity contribution in [3.63, 3.8) is 0 Å². The van der Waals surface area contributed by atoms with Gasteiger partial charge < -0.3 is 14.6 Å². The number of hydrogen-bond acceptors (Lipinski definition) is 6. The first-order valence-electron chi connectivity index (χ1n) is 6.16. The summed E-state index contributed by atoms with van der Waals surface area (Å²) in [6.07, 6.45) is 0.00948. The van der Waals surface area contributed by atoms with Gasteiger partial charge >= 0.3 is 0 Å². The second kappa shape index (κ2) is 6.56. The maximum Gasteiger partial charge on any atom is 0.236 e. The highest BCUT2D eigenvalue weighted by Gasteiger charge is 2.11. The molecule has 2 rings (SSSR count). The second-order valence-corrected chi connectivity index (χ2v) is 4.13. The summed E-state index contributed by atoms with van der Waals surface area (Å²) >= 11 is 0. The third-order valence-corrected chi connectivity index (χ3v) is 2.69. The van der Waals surface area contributed by atoms with Crippen molar-refractivity contribution >= 4 is 11.9 Å². The molecule has 0 aliphatic heterocycles. The number of methoxy groups -OCH3 is 2. The number of para-hydroxylation sites is 1. The van der Waals surface area contributed by atoms with Crippen molar-refractivity contribution in [3.05, 3.63) is 35.9 Å². The Morgan fingerprint density at radius 3 is 2.38 bits per heavy atom. The van der Waals surface area contributed by atoms with Gasteiger partial charge in [-0.2, -0.15) is 9.97 Å². The normalized spacial score (nSPS) is 10.0. The SMILES string of the molecule is COc1cc(OC)nc(NC(=O)Cc2ccccc2O)n1. The lowest BCUT2D eigenvalue weighted by Gasteiger charge is -2.08. The summed E-state index contributed by atoms with van der Waals surface area (Å²) in [5, 5.41) is 12.2. The largest absolute Gasteiger partial charge is 0.508 e. The minimum Gasteiger partial charge on any atom is -0.508 e. The number of phenols is 1. The molecule has 1 aromatic heterocycles. The van der Waals surface area contributed by atoms with E-state index in [1.165, 1.54) is 26.4 Å². The molecule has 0 unspecified atom stereocenters. The first-order valence-corrected chi connectivity index (χ1v) is 6.16. The zero-order valence-corrected chi connectivity index (χ0v) is 11.7. The highest BCUT2D eigenvalue weighted by molar-refractivity contribution is 5.91. The fourth-order valence-electron chi connectivity index (χ4n) is 1.67. The van der Waals surface area contributed by atoms with E-state index in [2.05, 4.69) is 15.3 Å². The van der Waals surface area contributed by atoms with Crippen LogP contribution in [0.1, 0.15) is 5.56 Å². The van der Waals surface area contributed by atoms with Crippen molar-refractivity contribution in [2.24, 2.45) is 0 Å². The molecule has 0 saturated heterocycles. The maximum absolute atomic E-state index is 11.9. The molecule has 110 valence electrons. The van der Waals surface area contributed by atoms with Crippen LogP contribution in [0.4, 0.5) is 5.95 Å². The molecular weight excluding hydrogens is 274 g/mol. The van der Waals surface area contributed by atoms with Crippen LogP contribution in [-0.2, 0) is 11.2 Å².